The highest BCUT2D eigenvalue weighted by atomic mass is 16.5. The van der Waals surface area contributed by atoms with Crippen LogP contribution >= 0.6 is 0 Å². The van der Waals surface area contributed by atoms with Gasteiger partial charge in [0, 0.05) is 11.4 Å². The van der Waals surface area contributed by atoms with Gasteiger partial charge in [-0.15, -0.1) is 0 Å². The van der Waals surface area contributed by atoms with Gasteiger partial charge in [0.25, 0.3) is 0 Å². The lowest BCUT2D eigenvalue weighted by atomic mass is 10.1. The number of carbonyl (C=O) groups excluding carboxylic acids is 1. The van der Waals surface area contributed by atoms with Crippen molar-refractivity contribution in [3.63, 3.8) is 0 Å². The molecule has 0 aliphatic carbocycles. The largest absolute Gasteiger partial charge is 0.464 e. The van der Waals surface area contributed by atoms with Crippen molar-refractivity contribution in [2.24, 2.45) is 0 Å². The number of aromatic nitrogens is 1. The van der Waals surface area contributed by atoms with E-state index in [1.54, 1.807) is 6.07 Å². The molecular weight excluding hydrogens is 254 g/mol. The normalized spacial score (nSPS) is 9.80. The summed E-state index contributed by atoms with van der Waals surface area (Å²) in [6.07, 6.45) is 0.416. The summed E-state index contributed by atoms with van der Waals surface area (Å²) < 4.78 is 4.63. The van der Waals surface area contributed by atoms with Crippen molar-refractivity contribution >= 4 is 11.7 Å². The molecule has 1 aromatic carbocycles. The van der Waals surface area contributed by atoms with E-state index in [1.807, 2.05) is 30.3 Å². The molecule has 2 N–H and O–H groups in total. The van der Waals surface area contributed by atoms with Crippen molar-refractivity contribution in [2.75, 3.05) is 12.4 Å². The average molecular weight is 269 g/mol. The van der Waals surface area contributed by atoms with Crippen molar-refractivity contribution < 1.29 is 9.53 Å². The summed E-state index contributed by atoms with van der Waals surface area (Å²) >= 11 is 0. The number of H-pyrrole nitrogens is 1. The number of esters is 1. The molecule has 5 heteroatoms. The van der Waals surface area contributed by atoms with Gasteiger partial charge in [0.2, 0.25) is 0 Å². The molecule has 2 aromatic rings. The van der Waals surface area contributed by atoms with Gasteiger partial charge in [-0.05, 0) is 29.8 Å². The Labute approximate surface area is 117 Å². The van der Waals surface area contributed by atoms with E-state index >= 15 is 0 Å². The molecule has 0 aliphatic rings. The zero-order chi connectivity index (χ0) is 14.4. The Morgan fingerprint density at radius 2 is 2.05 bits per heavy atom. The first-order chi connectivity index (χ1) is 9.72. The molecule has 1 aromatic heterocycles. The Bertz CT molecular complexity index is 623. The lowest BCUT2D eigenvalue weighted by Gasteiger charge is -2.05. The van der Waals surface area contributed by atoms with Crippen molar-refractivity contribution in [1.82, 2.24) is 4.98 Å². The summed E-state index contributed by atoms with van der Waals surface area (Å²) in [5.74, 6) is -0.378. The molecule has 20 heavy (non-hydrogen) atoms. The highest BCUT2D eigenvalue weighted by Crippen LogP contribution is 2.12. The number of nitriles is 1. The zero-order valence-corrected chi connectivity index (χ0v) is 11.1. The number of rotatable bonds is 5. The Morgan fingerprint density at radius 3 is 2.70 bits per heavy atom. The highest BCUT2D eigenvalue weighted by Gasteiger charge is 2.07. The fraction of sp³-hybridized carbons (Fsp3) is 0.200. The molecule has 0 spiro atoms. The minimum atomic E-state index is -0.378. The van der Waals surface area contributed by atoms with E-state index in [0.717, 1.165) is 16.9 Å². The predicted molar refractivity (Wildman–Crippen MR) is 75.2 cm³/mol. The van der Waals surface area contributed by atoms with Crippen molar-refractivity contribution in [1.29, 1.82) is 5.26 Å². The highest BCUT2D eigenvalue weighted by molar-refractivity contribution is 5.87. The third kappa shape index (κ3) is 3.39. The van der Waals surface area contributed by atoms with Crippen LogP contribution in [-0.4, -0.2) is 18.1 Å². The Hall–Kier alpha value is -2.74. The van der Waals surface area contributed by atoms with Crippen LogP contribution in [0, 0.1) is 11.3 Å². The fourth-order valence-corrected chi connectivity index (χ4v) is 1.80. The maximum absolute atomic E-state index is 11.3. The number of hydrogen-bond donors (Lipinski definition) is 2. The van der Waals surface area contributed by atoms with E-state index in [2.05, 4.69) is 21.1 Å². The fourth-order valence-electron chi connectivity index (χ4n) is 1.80. The minimum Gasteiger partial charge on any atom is -0.464 e. The van der Waals surface area contributed by atoms with Gasteiger partial charge >= 0.3 is 5.97 Å². The van der Waals surface area contributed by atoms with E-state index in [-0.39, 0.29) is 5.97 Å². The van der Waals surface area contributed by atoms with Crippen molar-refractivity contribution in [2.45, 2.75) is 13.0 Å². The number of nitrogens with zero attached hydrogens (tertiary/aromatic N) is 1. The lowest BCUT2D eigenvalue weighted by molar-refractivity contribution is 0.0594. The number of methoxy groups -OCH3 is 1. The second-order valence-corrected chi connectivity index (χ2v) is 4.27. The van der Waals surface area contributed by atoms with E-state index in [1.165, 1.54) is 7.11 Å². The standard InChI is InChI=1S/C15H15N3O2/c1-20-15(19)14-7-6-13(18-14)10-17-12-4-2-11(3-5-12)8-9-16/h2-7,17-18H,8,10H2,1H3. The van der Waals surface area contributed by atoms with Crippen LogP contribution in [0.5, 0.6) is 0 Å². The summed E-state index contributed by atoms with van der Waals surface area (Å²) in [6, 6.07) is 13.3. The summed E-state index contributed by atoms with van der Waals surface area (Å²) in [7, 11) is 1.35. The van der Waals surface area contributed by atoms with Gasteiger partial charge in [-0.25, -0.2) is 4.79 Å². The van der Waals surface area contributed by atoms with E-state index in [4.69, 9.17) is 5.26 Å². The number of carbonyl (C=O) groups is 1. The molecule has 0 fully saturated rings. The van der Waals surface area contributed by atoms with Gasteiger partial charge in [-0.1, -0.05) is 12.1 Å². The first-order valence-electron chi connectivity index (χ1n) is 6.19. The maximum Gasteiger partial charge on any atom is 0.354 e. The van der Waals surface area contributed by atoms with Gasteiger partial charge in [0.15, 0.2) is 0 Å². The Kier molecular flexibility index (Phi) is 4.40. The molecule has 2 rings (SSSR count). The molecule has 0 bridgehead atoms. The van der Waals surface area contributed by atoms with Crippen LogP contribution < -0.4 is 5.32 Å². The summed E-state index contributed by atoms with van der Waals surface area (Å²) in [6.45, 7) is 0.578. The monoisotopic (exact) mass is 269 g/mol. The summed E-state index contributed by atoms with van der Waals surface area (Å²) in [4.78, 5) is 14.3. The molecule has 0 amide bonds. The lowest BCUT2D eigenvalue weighted by Crippen LogP contribution is -2.03. The smallest absolute Gasteiger partial charge is 0.354 e. The van der Waals surface area contributed by atoms with Crippen molar-refractivity contribution in [3.05, 3.63) is 53.3 Å². The summed E-state index contributed by atoms with van der Waals surface area (Å²) in [5, 5.41) is 11.8. The Balaban J connectivity index is 1.93. The van der Waals surface area contributed by atoms with Crippen LogP contribution in [0.1, 0.15) is 21.7 Å². The first-order valence-corrected chi connectivity index (χ1v) is 6.19. The average Bonchev–Trinajstić information content (AvgIpc) is 2.95. The molecule has 0 radical (unpaired) electrons. The van der Waals surface area contributed by atoms with Crippen LogP contribution in [0.15, 0.2) is 36.4 Å². The molecule has 0 aliphatic heterocycles. The first kappa shape index (κ1) is 13.7. The number of hydrogen-bond acceptors (Lipinski definition) is 4. The molecular formula is C15H15N3O2. The molecule has 1 heterocycles. The molecule has 5 nitrogen and oxygen atoms in total. The third-order valence-electron chi connectivity index (χ3n) is 2.87. The van der Waals surface area contributed by atoms with Gasteiger partial charge in [0.05, 0.1) is 26.1 Å². The SMILES string of the molecule is COC(=O)c1ccc(CNc2ccc(CC#N)cc2)[nH]1. The third-order valence-corrected chi connectivity index (χ3v) is 2.87. The second-order valence-electron chi connectivity index (χ2n) is 4.27. The van der Waals surface area contributed by atoms with Crippen LogP contribution in [0.4, 0.5) is 5.69 Å². The number of anilines is 1. The van der Waals surface area contributed by atoms with Crippen LogP contribution in [0.2, 0.25) is 0 Å². The molecule has 0 saturated carbocycles. The Morgan fingerprint density at radius 1 is 1.30 bits per heavy atom. The molecule has 0 saturated heterocycles. The topological polar surface area (TPSA) is 77.9 Å². The number of ether oxygens (including phenoxy) is 1. The minimum absolute atomic E-state index is 0.378. The van der Waals surface area contributed by atoms with E-state index < -0.39 is 0 Å². The van der Waals surface area contributed by atoms with E-state index in [9.17, 15) is 4.79 Å². The molecule has 0 atom stereocenters. The number of benzene rings is 1. The van der Waals surface area contributed by atoms with Gasteiger partial charge in [-0.2, -0.15) is 5.26 Å². The quantitative estimate of drug-likeness (QED) is 0.817. The van der Waals surface area contributed by atoms with Crippen LogP contribution in [-0.2, 0) is 17.7 Å². The number of nitrogens with one attached hydrogen (secondary N) is 2. The summed E-state index contributed by atoms with van der Waals surface area (Å²) in [5.41, 5.74) is 3.28. The number of aromatic amines is 1. The van der Waals surface area contributed by atoms with Crippen molar-refractivity contribution in [3.8, 4) is 6.07 Å². The second kappa shape index (κ2) is 6.43. The van der Waals surface area contributed by atoms with Crippen LogP contribution in [0.25, 0.3) is 0 Å². The van der Waals surface area contributed by atoms with E-state index in [0.29, 0.717) is 18.7 Å². The maximum atomic E-state index is 11.3. The predicted octanol–water partition coefficient (Wildman–Crippen LogP) is 2.48. The van der Waals surface area contributed by atoms with Crippen LogP contribution in [0.3, 0.4) is 0 Å². The van der Waals surface area contributed by atoms with Gasteiger partial charge in [-0.3, -0.25) is 0 Å². The molecule has 0 unspecified atom stereocenters. The van der Waals surface area contributed by atoms with Gasteiger partial charge < -0.3 is 15.0 Å². The van der Waals surface area contributed by atoms with Gasteiger partial charge in [0.1, 0.15) is 5.69 Å². The zero-order valence-electron chi connectivity index (χ0n) is 11.1. The molecule has 102 valence electrons.